The summed E-state index contributed by atoms with van der Waals surface area (Å²) in [5.74, 6) is 0. The number of aromatic nitrogens is 1. The number of hydrogen-bond donors (Lipinski definition) is 0. The average Bonchev–Trinajstić information content (AvgIpc) is 2.15. The maximum atomic E-state index is 4.42. The normalized spacial score (nSPS) is 10.9. The van der Waals surface area contributed by atoms with Gasteiger partial charge in [0.2, 0.25) is 0 Å². The summed E-state index contributed by atoms with van der Waals surface area (Å²) in [6, 6.07) is 1.98. The van der Waals surface area contributed by atoms with Crippen LogP contribution < -0.4 is 4.90 Å². The highest BCUT2D eigenvalue weighted by molar-refractivity contribution is 5.74. The molecule has 0 saturated heterocycles. The lowest BCUT2D eigenvalue weighted by molar-refractivity contribution is 1.09. The van der Waals surface area contributed by atoms with E-state index in [0.29, 0.717) is 0 Å². The number of aryl methyl sites for hydroxylation is 1. The largest absolute Gasteiger partial charge is 0.376 e. The van der Waals surface area contributed by atoms with Crippen LogP contribution in [0.2, 0.25) is 0 Å². The molecule has 0 atom stereocenters. The van der Waals surface area contributed by atoms with Crippen molar-refractivity contribution < 1.29 is 0 Å². The first kappa shape index (κ1) is 10.7. The molecule has 0 aliphatic carbocycles. The van der Waals surface area contributed by atoms with Gasteiger partial charge in [0.25, 0.3) is 0 Å². The third kappa shape index (κ3) is 2.31. The van der Waals surface area contributed by atoms with E-state index in [1.165, 1.54) is 0 Å². The minimum Gasteiger partial charge on any atom is -0.376 e. The SMILES string of the molecule is CCC=Nc1c(N(C)C)ccnc1C. The first-order valence-electron chi connectivity index (χ1n) is 4.82. The van der Waals surface area contributed by atoms with Crippen molar-refractivity contribution in [3.63, 3.8) is 0 Å². The molecular formula is C11H17N3. The first-order valence-corrected chi connectivity index (χ1v) is 4.82. The van der Waals surface area contributed by atoms with Crippen molar-refractivity contribution >= 4 is 17.6 Å². The minimum atomic E-state index is 0.946. The average molecular weight is 191 g/mol. The Kier molecular flexibility index (Phi) is 3.63. The molecule has 0 radical (unpaired) electrons. The van der Waals surface area contributed by atoms with E-state index >= 15 is 0 Å². The molecule has 0 bridgehead atoms. The van der Waals surface area contributed by atoms with E-state index < -0.39 is 0 Å². The number of anilines is 1. The molecule has 0 aliphatic heterocycles. The second-order valence-electron chi connectivity index (χ2n) is 3.38. The van der Waals surface area contributed by atoms with Crippen LogP contribution in [0.15, 0.2) is 17.3 Å². The van der Waals surface area contributed by atoms with Crippen molar-refractivity contribution in [2.45, 2.75) is 20.3 Å². The summed E-state index contributed by atoms with van der Waals surface area (Å²) in [6.45, 7) is 4.06. The molecule has 14 heavy (non-hydrogen) atoms. The summed E-state index contributed by atoms with van der Waals surface area (Å²) in [6.07, 6.45) is 4.67. The highest BCUT2D eigenvalue weighted by Crippen LogP contribution is 2.28. The van der Waals surface area contributed by atoms with Gasteiger partial charge in [-0.2, -0.15) is 0 Å². The molecule has 0 saturated carbocycles. The zero-order chi connectivity index (χ0) is 10.6. The number of nitrogens with zero attached hydrogens (tertiary/aromatic N) is 3. The molecule has 0 N–H and O–H groups in total. The van der Waals surface area contributed by atoms with Gasteiger partial charge in [0.1, 0.15) is 5.69 Å². The van der Waals surface area contributed by atoms with Gasteiger partial charge in [0, 0.05) is 26.5 Å². The number of pyridine rings is 1. The predicted molar refractivity (Wildman–Crippen MR) is 61.7 cm³/mol. The van der Waals surface area contributed by atoms with E-state index in [1.807, 2.05) is 39.5 Å². The summed E-state index contributed by atoms with van der Waals surface area (Å²) < 4.78 is 0. The van der Waals surface area contributed by atoms with Crippen LogP contribution in [0.4, 0.5) is 11.4 Å². The summed E-state index contributed by atoms with van der Waals surface area (Å²) in [5, 5.41) is 0. The van der Waals surface area contributed by atoms with Crippen LogP contribution in [0.25, 0.3) is 0 Å². The molecule has 76 valence electrons. The van der Waals surface area contributed by atoms with Crippen molar-refractivity contribution in [2.75, 3.05) is 19.0 Å². The van der Waals surface area contributed by atoms with Crippen molar-refractivity contribution in [2.24, 2.45) is 4.99 Å². The quantitative estimate of drug-likeness (QED) is 0.687. The predicted octanol–water partition coefficient (Wildman–Crippen LogP) is 2.57. The third-order valence-electron chi connectivity index (χ3n) is 1.97. The maximum Gasteiger partial charge on any atom is 0.107 e. The highest BCUT2D eigenvalue weighted by atomic mass is 15.1. The molecule has 0 fully saturated rings. The van der Waals surface area contributed by atoms with Crippen LogP contribution in [0.5, 0.6) is 0 Å². The number of rotatable bonds is 3. The van der Waals surface area contributed by atoms with E-state index in [4.69, 9.17) is 0 Å². The van der Waals surface area contributed by atoms with Gasteiger partial charge in [-0.3, -0.25) is 9.98 Å². The Balaban J connectivity index is 3.15. The topological polar surface area (TPSA) is 28.5 Å². The fourth-order valence-electron chi connectivity index (χ4n) is 1.25. The fourth-order valence-corrected chi connectivity index (χ4v) is 1.25. The Morgan fingerprint density at radius 3 is 2.79 bits per heavy atom. The second-order valence-corrected chi connectivity index (χ2v) is 3.38. The Labute approximate surface area is 85.5 Å². The van der Waals surface area contributed by atoms with Crippen molar-refractivity contribution in [3.05, 3.63) is 18.0 Å². The van der Waals surface area contributed by atoms with Crippen LogP contribution in [-0.2, 0) is 0 Å². The number of hydrogen-bond acceptors (Lipinski definition) is 3. The molecule has 0 aliphatic rings. The van der Waals surface area contributed by atoms with E-state index in [0.717, 1.165) is 23.5 Å². The lowest BCUT2D eigenvalue weighted by Crippen LogP contribution is -2.09. The minimum absolute atomic E-state index is 0.946. The van der Waals surface area contributed by atoms with E-state index in [2.05, 4.69) is 21.8 Å². The summed E-state index contributed by atoms with van der Waals surface area (Å²) in [5.41, 5.74) is 3.06. The zero-order valence-corrected chi connectivity index (χ0v) is 9.28. The fraction of sp³-hybridized carbons (Fsp3) is 0.455. The van der Waals surface area contributed by atoms with Crippen LogP contribution in [0, 0.1) is 6.92 Å². The smallest absolute Gasteiger partial charge is 0.107 e. The molecule has 0 amide bonds. The standard InChI is InChI=1S/C11H17N3/c1-5-7-13-11-9(2)12-8-6-10(11)14(3)4/h6-8H,5H2,1-4H3. The van der Waals surface area contributed by atoms with E-state index in [9.17, 15) is 0 Å². The monoisotopic (exact) mass is 191 g/mol. The molecule has 0 aromatic carbocycles. The van der Waals surface area contributed by atoms with Gasteiger partial charge in [-0.25, -0.2) is 0 Å². The molecule has 0 spiro atoms. The summed E-state index contributed by atoms with van der Waals surface area (Å²) in [4.78, 5) is 10.7. The Hall–Kier alpha value is -1.38. The molecule has 1 heterocycles. The molecular weight excluding hydrogens is 174 g/mol. The maximum absolute atomic E-state index is 4.42. The van der Waals surface area contributed by atoms with Gasteiger partial charge in [0.15, 0.2) is 0 Å². The van der Waals surface area contributed by atoms with Gasteiger partial charge in [-0.1, -0.05) is 6.92 Å². The first-order chi connectivity index (χ1) is 6.66. The third-order valence-corrected chi connectivity index (χ3v) is 1.97. The van der Waals surface area contributed by atoms with Crippen LogP contribution in [0.1, 0.15) is 19.0 Å². The molecule has 3 heteroatoms. The highest BCUT2D eigenvalue weighted by Gasteiger charge is 2.05. The summed E-state index contributed by atoms with van der Waals surface area (Å²) >= 11 is 0. The number of aliphatic imine (C=N–C) groups is 1. The van der Waals surface area contributed by atoms with Gasteiger partial charge in [-0.15, -0.1) is 0 Å². The molecule has 3 nitrogen and oxygen atoms in total. The van der Waals surface area contributed by atoms with Crippen molar-refractivity contribution in [1.29, 1.82) is 0 Å². The Morgan fingerprint density at radius 2 is 2.21 bits per heavy atom. The summed E-state index contributed by atoms with van der Waals surface area (Å²) in [7, 11) is 4.03. The van der Waals surface area contributed by atoms with Gasteiger partial charge in [-0.05, 0) is 19.4 Å². The second kappa shape index (κ2) is 4.74. The Bertz CT molecular complexity index is 329. The lowest BCUT2D eigenvalue weighted by Gasteiger charge is -2.15. The molecule has 1 aromatic rings. The molecule has 1 aromatic heterocycles. The van der Waals surface area contributed by atoms with Gasteiger partial charge in [0.05, 0.1) is 11.4 Å². The van der Waals surface area contributed by atoms with Crippen LogP contribution in [0.3, 0.4) is 0 Å². The van der Waals surface area contributed by atoms with Crippen molar-refractivity contribution in [1.82, 2.24) is 4.98 Å². The van der Waals surface area contributed by atoms with E-state index in [-0.39, 0.29) is 0 Å². The molecule has 1 rings (SSSR count). The lowest BCUT2D eigenvalue weighted by atomic mass is 10.2. The van der Waals surface area contributed by atoms with Crippen LogP contribution >= 0.6 is 0 Å². The van der Waals surface area contributed by atoms with Gasteiger partial charge < -0.3 is 4.90 Å². The molecule has 0 unspecified atom stereocenters. The Morgan fingerprint density at radius 1 is 1.50 bits per heavy atom. The van der Waals surface area contributed by atoms with Gasteiger partial charge >= 0.3 is 0 Å². The zero-order valence-electron chi connectivity index (χ0n) is 9.28. The van der Waals surface area contributed by atoms with E-state index in [1.54, 1.807) is 0 Å². The van der Waals surface area contributed by atoms with Crippen LogP contribution in [-0.4, -0.2) is 25.3 Å². The van der Waals surface area contributed by atoms with Crippen molar-refractivity contribution in [3.8, 4) is 0 Å².